The second-order valence-electron chi connectivity index (χ2n) is 14.1. The van der Waals surface area contributed by atoms with Crippen molar-refractivity contribution in [3.05, 3.63) is 100 Å². The van der Waals surface area contributed by atoms with Gasteiger partial charge in [0.2, 0.25) is 5.78 Å². The fourth-order valence-corrected chi connectivity index (χ4v) is 9.61. The number of carbonyl (C=O) groups excluding carboxylic acids is 4. The summed E-state index contributed by atoms with van der Waals surface area (Å²) in [4.78, 5) is 53.6. The SMILES string of the molecule is COC(=O)c1c(C(=O)OC)c2ccccn2c1C(=O)C1=CC[C@H]2[C@@H]3CC=C4C[C@@H](OC(=O)c5ccccc5)CC[C@]4(C)[C@H]3CC[C@]12C. The molecule has 2 saturated carbocycles. The molecule has 244 valence electrons. The fourth-order valence-electron chi connectivity index (χ4n) is 9.61. The van der Waals surface area contributed by atoms with Gasteiger partial charge in [0.1, 0.15) is 22.9 Å². The van der Waals surface area contributed by atoms with E-state index in [4.69, 9.17) is 14.2 Å². The number of aromatic nitrogens is 1. The topological polar surface area (TPSA) is 100 Å². The van der Waals surface area contributed by atoms with Gasteiger partial charge in [0.15, 0.2) is 0 Å². The molecule has 0 saturated heterocycles. The number of fused-ring (bicyclic) bond motifs is 6. The molecule has 0 aliphatic heterocycles. The number of rotatable bonds is 6. The summed E-state index contributed by atoms with van der Waals surface area (Å²) in [6.45, 7) is 4.60. The molecular formula is C39H41NO7. The van der Waals surface area contributed by atoms with Crippen LogP contribution in [-0.2, 0) is 14.2 Å². The van der Waals surface area contributed by atoms with E-state index in [1.807, 2.05) is 18.2 Å². The zero-order chi connectivity index (χ0) is 33.1. The minimum absolute atomic E-state index is 0.0257. The highest BCUT2D eigenvalue weighted by Gasteiger charge is 2.58. The Hall–Kier alpha value is -4.46. The first-order valence-corrected chi connectivity index (χ1v) is 16.6. The molecule has 2 fully saturated rings. The predicted octanol–water partition coefficient (Wildman–Crippen LogP) is 7.42. The number of methoxy groups -OCH3 is 2. The van der Waals surface area contributed by atoms with Gasteiger partial charge in [-0.25, -0.2) is 14.4 Å². The van der Waals surface area contributed by atoms with Crippen molar-refractivity contribution in [2.24, 2.45) is 28.6 Å². The Morgan fingerprint density at radius 1 is 0.766 bits per heavy atom. The van der Waals surface area contributed by atoms with Gasteiger partial charge in [-0.05, 0) is 91.4 Å². The molecule has 0 N–H and O–H groups in total. The molecule has 0 unspecified atom stereocenters. The van der Waals surface area contributed by atoms with Crippen LogP contribution in [0.4, 0.5) is 0 Å². The van der Waals surface area contributed by atoms with Gasteiger partial charge in [-0.1, -0.05) is 55.8 Å². The summed E-state index contributed by atoms with van der Waals surface area (Å²) in [6, 6.07) is 14.4. The molecule has 2 heterocycles. The Bertz CT molecular complexity index is 1850. The van der Waals surface area contributed by atoms with E-state index in [0.29, 0.717) is 28.5 Å². The van der Waals surface area contributed by atoms with Crippen LogP contribution in [0.1, 0.15) is 100 Å². The summed E-state index contributed by atoms with van der Waals surface area (Å²) < 4.78 is 17.8. The number of nitrogens with zero attached hydrogens (tertiary/aromatic N) is 1. The van der Waals surface area contributed by atoms with Crippen molar-refractivity contribution in [2.75, 3.05) is 14.2 Å². The van der Waals surface area contributed by atoms with Gasteiger partial charge in [-0.15, -0.1) is 0 Å². The van der Waals surface area contributed by atoms with Crippen LogP contribution in [0.2, 0.25) is 0 Å². The van der Waals surface area contributed by atoms with Crippen LogP contribution in [0.15, 0.2) is 78.0 Å². The van der Waals surface area contributed by atoms with E-state index < -0.39 is 11.9 Å². The quantitative estimate of drug-likeness (QED) is 0.120. The van der Waals surface area contributed by atoms with Gasteiger partial charge in [0.25, 0.3) is 0 Å². The molecular weight excluding hydrogens is 594 g/mol. The van der Waals surface area contributed by atoms with Gasteiger partial charge in [-0.2, -0.15) is 0 Å². The Morgan fingerprint density at radius 3 is 2.21 bits per heavy atom. The van der Waals surface area contributed by atoms with Gasteiger partial charge < -0.3 is 18.6 Å². The average Bonchev–Trinajstić information content (AvgIpc) is 3.63. The summed E-state index contributed by atoms with van der Waals surface area (Å²) in [7, 11) is 2.51. The standard InChI is InChI=1S/C39H41NO7/c1-38-19-17-25(47-35(42)23-10-6-5-7-11-23)22-24(38)13-14-26-27-15-16-29(39(27,2)20-18-28(26)38)34(41)33-32(37(44)46-4)31(36(43)45-3)30-12-8-9-21-40(30)33/h5-13,16,21,25-28H,14-15,17-20,22H2,1-4H3/t25-,26-,27-,28-,38-,39-/m0/s1. The van der Waals surface area contributed by atoms with Crippen molar-refractivity contribution in [1.29, 1.82) is 0 Å². The molecule has 0 bridgehead atoms. The fraction of sp³-hybridized carbons (Fsp3) is 0.436. The summed E-state index contributed by atoms with van der Waals surface area (Å²) in [6.07, 6.45) is 12.2. The lowest BCUT2D eigenvalue weighted by Gasteiger charge is -2.57. The highest BCUT2D eigenvalue weighted by atomic mass is 16.5. The highest BCUT2D eigenvalue weighted by Crippen LogP contribution is 2.65. The second kappa shape index (κ2) is 11.7. The first-order valence-electron chi connectivity index (χ1n) is 16.6. The number of hydrogen-bond donors (Lipinski definition) is 0. The molecule has 6 atom stereocenters. The van der Waals surface area contributed by atoms with Crippen molar-refractivity contribution >= 4 is 29.2 Å². The van der Waals surface area contributed by atoms with E-state index >= 15 is 0 Å². The van der Waals surface area contributed by atoms with Crippen LogP contribution in [0.3, 0.4) is 0 Å². The predicted molar refractivity (Wildman–Crippen MR) is 175 cm³/mol. The molecule has 7 rings (SSSR count). The maximum absolute atomic E-state index is 14.7. The number of ketones is 1. The van der Waals surface area contributed by atoms with Crippen molar-refractivity contribution in [3.63, 3.8) is 0 Å². The molecule has 0 radical (unpaired) electrons. The van der Waals surface area contributed by atoms with Crippen LogP contribution < -0.4 is 0 Å². The lowest BCUT2D eigenvalue weighted by atomic mass is 9.47. The first kappa shape index (κ1) is 31.2. The lowest BCUT2D eigenvalue weighted by molar-refractivity contribution is -0.0348. The van der Waals surface area contributed by atoms with Gasteiger partial charge in [0.05, 0.1) is 25.3 Å². The Morgan fingerprint density at radius 2 is 1.47 bits per heavy atom. The maximum Gasteiger partial charge on any atom is 0.341 e. The van der Waals surface area contributed by atoms with Gasteiger partial charge in [0, 0.05) is 18.2 Å². The number of esters is 3. The van der Waals surface area contributed by atoms with Crippen molar-refractivity contribution < 1.29 is 33.4 Å². The van der Waals surface area contributed by atoms with Crippen LogP contribution in [0.25, 0.3) is 5.52 Å². The average molecular weight is 636 g/mol. The van der Waals surface area contributed by atoms with E-state index in [1.54, 1.807) is 40.9 Å². The molecule has 3 aromatic rings. The van der Waals surface area contributed by atoms with E-state index in [1.165, 1.54) is 19.8 Å². The van der Waals surface area contributed by atoms with E-state index in [-0.39, 0.29) is 51.4 Å². The molecule has 2 aromatic heterocycles. The minimum Gasteiger partial charge on any atom is -0.465 e. The normalized spacial score (nSPS) is 29.4. The monoisotopic (exact) mass is 635 g/mol. The number of carbonyl (C=O) groups is 4. The van der Waals surface area contributed by atoms with Crippen LogP contribution in [-0.4, -0.2) is 48.4 Å². The third-order valence-corrected chi connectivity index (χ3v) is 12.0. The Kier molecular flexibility index (Phi) is 7.72. The molecule has 0 spiro atoms. The molecule has 4 aliphatic rings. The van der Waals surface area contributed by atoms with Crippen molar-refractivity contribution in [1.82, 2.24) is 4.40 Å². The summed E-state index contributed by atoms with van der Waals surface area (Å²) in [5, 5.41) is 0. The maximum atomic E-state index is 14.7. The Labute approximate surface area is 274 Å². The van der Waals surface area contributed by atoms with E-state index in [2.05, 4.69) is 26.0 Å². The van der Waals surface area contributed by atoms with Crippen molar-refractivity contribution in [3.8, 4) is 0 Å². The number of allylic oxidation sites excluding steroid dienone is 3. The Balaban J connectivity index is 1.16. The van der Waals surface area contributed by atoms with Crippen molar-refractivity contribution in [2.45, 2.75) is 64.9 Å². The highest BCUT2D eigenvalue weighted by molar-refractivity contribution is 6.20. The largest absolute Gasteiger partial charge is 0.465 e. The zero-order valence-electron chi connectivity index (χ0n) is 27.4. The summed E-state index contributed by atoms with van der Waals surface area (Å²) in [5.41, 5.74) is 2.89. The molecule has 1 aromatic carbocycles. The molecule has 0 amide bonds. The first-order chi connectivity index (χ1) is 22.6. The molecule has 8 nitrogen and oxygen atoms in total. The molecule has 4 aliphatic carbocycles. The smallest absolute Gasteiger partial charge is 0.341 e. The third kappa shape index (κ3) is 4.78. The number of benzene rings is 1. The third-order valence-electron chi connectivity index (χ3n) is 12.0. The lowest BCUT2D eigenvalue weighted by Crippen LogP contribution is -2.50. The van der Waals surface area contributed by atoms with Crippen LogP contribution in [0.5, 0.6) is 0 Å². The summed E-state index contributed by atoms with van der Waals surface area (Å²) in [5.74, 6) is -0.797. The second-order valence-corrected chi connectivity index (χ2v) is 14.1. The minimum atomic E-state index is -0.746. The molecule has 8 heteroatoms. The zero-order valence-corrected chi connectivity index (χ0v) is 27.4. The van der Waals surface area contributed by atoms with Gasteiger partial charge in [-0.3, -0.25) is 4.79 Å². The molecule has 47 heavy (non-hydrogen) atoms. The van der Waals surface area contributed by atoms with E-state index in [0.717, 1.165) is 44.9 Å². The number of pyridine rings is 1. The number of ether oxygens (including phenoxy) is 3. The van der Waals surface area contributed by atoms with Crippen LogP contribution in [0, 0.1) is 28.6 Å². The number of hydrogen-bond acceptors (Lipinski definition) is 7. The van der Waals surface area contributed by atoms with Gasteiger partial charge >= 0.3 is 17.9 Å². The number of Topliss-reactive ketones (excluding diaryl/α,β-unsaturated/α-hetero) is 1. The van der Waals surface area contributed by atoms with Crippen LogP contribution >= 0.6 is 0 Å². The summed E-state index contributed by atoms with van der Waals surface area (Å²) >= 11 is 0. The van der Waals surface area contributed by atoms with E-state index in [9.17, 15) is 19.2 Å².